The molecule has 1 aliphatic rings. The lowest BCUT2D eigenvalue weighted by molar-refractivity contribution is 0.553. The van der Waals surface area contributed by atoms with Crippen molar-refractivity contribution in [1.29, 1.82) is 0 Å². The van der Waals surface area contributed by atoms with E-state index in [-0.39, 0.29) is 6.04 Å². The topological polar surface area (TPSA) is 29.3 Å². The third kappa shape index (κ3) is 4.14. The molecule has 2 unspecified atom stereocenters. The first kappa shape index (κ1) is 16.6. The van der Waals surface area contributed by atoms with E-state index in [4.69, 9.17) is 17.3 Å². The summed E-state index contributed by atoms with van der Waals surface area (Å²) in [6, 6.07) is 7.15. The zero-order valence-corrected chi connectivity index (χ0v) is 14.2. The molecule has 2 rings (SSSR count). The number of hydrogen-bond acceptors (Lipinski definition) is 2. The summed E-state index contributed by atoms with van der Waals surface area (Å²) in [5, 5.41) is 0.871. The molecule has 2 atom stereocenters. The first-order valence-corrected chi connectivity index (χ1v) is 8.84. The summed E-state index contributed by atoms with van der Waals surface area (Å²) in [4.78, 5) is 2.59. The molecule has 0 bridgehead atoms. The van der Waals surface area contributed by atoms with Gasteiger partial charge in [-0.1, -0.05) is 44.4 Å². The fourth-order valence-electron chi connectivity index (χ4n) is 3.34. The van der Waals surface area contributed by atoms with Crippen molar-refractivity contribution in [1.82, 2.24) is 0 Å². The molecule has 1 aliphatic heterocycles. The molecule has 21 heavy (non-hydrogen) atoms. The minimum absolute atomic E-state index is 0.190. The average molecular weight is 309 g/mol. The van der Waals surface area contributed by atoms with Crippen molar-refractivity contribution in [3.8, 4) is 0 Å². The molecular weight excluding hydrogens is 280 g/mol. The van der Waals surface area contributed by atoms with Crippen molar-refractivity contribution < 1.29 is 0 Å². The maximum absolute atomic E-state index is 6.50. The van der Waals surface area contributed by atoms with Gasteiger partial charge in [0, 0.05) is 29.3 Å². The van der Waals surface area contributed by atoms with E-state index >= 15 is 0 Å². The van der Waals surface area contributed by atoms with E-state index in [2.05, 4.69) is 30.9 Å². The van der Waals surface area contributed by atoms with E-state index in [1.807, 2.05) is 6.07 Å². The number of nitrogens with zero attached hydrogens (tertiary/aromatic N) is 1. The maximum atomic E-state index is 6.50. The van der Waals surface area contributed by atoms with Crippen LogP contribution >= 0.6 is 11.6 Å². The Morgan fingerprint density at radius 1 is 1.29 bits per heavy atom. The van der Waals surface area contributed by atoms with Gasteiger partial charge in [-0.05, 0) is 49.8 Å². The van der Waals surface area contributed by atoms with Crippen LogP contribution in [0.4, 0.5) is 5.69 Å². The van der Waals surface area contributed by atoms with Crippen molar-refractivity contribution in [2.45, 2.75) is 70.9 Å². The summed E-state index contributed by atoms with van der Waals surface area (Å²) in [6.45, 7) is 5.58. The Morgan fingerprint density at radius 3 is 2.81 bits per heavy atom. The summed E-state index contributed by atoms with van der Waals surface area (Å²) in [7, 11) is 0. The first-order valence-electron chi connectivity index (χ1n) is 8.47. The number of halogens is 1. The normalized spacial score (nSPS) is 21.1. The van der Waals surface area contributed by atoms with Gasteiger partial charge in [0.1, 0.15) is 0 Å². The third-order valence-corrected chi connectivity index (χ3v) is 5.10. The zero-order chi connectivity index (χ0) is 15.2. The molecule has 0 saturated carbocycles. The molecule has 1 aromatic carbocycles. The van der Waals surface area contributed by atoms with Crippen LogP contribution in [0.3, 0.4) is 0 Å². The van der Waals surface area contributed by atoms with Gasteiger partial charge in [0.25, 0.3) is 0 Å². The molecule has 0 aliphatic carbocycles. The molecule has 3 heteroatoms. The van der Waals surface area contributed by atoms with E-state index in [9.17, 15) is 0 Å². The lowest BCUT2D eigenvalue weighted by Gasteiger charge is -2.34. The van der Waals surface area contributed by atoms with Crippen molar-refractivity contribution in [3.63, 3.8) is 0 Å². The van der Waals surface area contributed by atoms with Gasteiger partial charge in [-0.3, -0.25) is 0 Å². The first-order chi connectivity index (χ1) is 10.2. The van der Waals surface area contributed by atoms with Crippen molar-refractivity contribution >= 4 is 17.3 Å². The van der Waals surface area contributed by atoms with Gasteiger partial charge >= 0.3 is 0 Å². The highest BCUT2D eigenvalue weighted by atomic mass is 35.5. The van der Waals surface area contributed by atoms with E-state index in [0.717, 1.165) is 24.4 Å². The molecule has 0 radical (unpaired) electrons. The Balaban J connectivity index is 2.34. The van der Waals surface area contributed by atoms with Gasteiger partial charge in [-0.25, -0.2) is 0 Å². The number of hydrogen-bond donors (Lipinski definition) is 1. The lowest BCUT2D eigenvalue weighted by atomic mass is 10.00. The molecule has 0 amide bonds. The van der Waals surface area contributed by atoms with Crippen molar-refractivity contribution in [2.75, 3.05) is 11.4 Å². The van der Waals surface area contributed by atoms with Gasteiger partial charge in [-0.15, -0.1) is 0 Å². The standard InChI is InChI=1S/C18H29ClN2/c1-3-14(20)13-16-17(19)10-8-11-18(16)21-12-7-5-6-9-15(21)4-2/h8,10-11,14-15H,3-7,9,12-13,20H2,1-2H3. The van der Waals surface area contributed by atoms with Gasteiger partial charge in [0.2, 0.25) is 0 Å². The van der Waals surface area contributed by atoms with Crippen molar-refractivity contribution in [3.05, 3.63) is 28.8 Å². The Labute approximate surface area is 134 Å². The van der Waals surface area contributed by atoms with Crippen LogP contribution in [-0.2, 0) is 6.42 Å². The van der Waals surface area contributed by atoms with E-state index in [0.29, 0.717) is 6.04 Å². The fraction of sp³-hybridized carbons (Fsp3) is 0.667. The molecule has 1 aromatic rings. The number of anilines is 1. The molecule has 2 nitrogen and oxygen atoms in total. The molecule has 2 N–H and O–H groups in total. The van der Waals surface area contributed by atoms with Crippen LogP contribution in [0.25, 0.3) is 0 Å². The van der Waals surface area contributed by atoms with Crippen LogP contribution in [0.5, 0.6) is 0 Å². The lowest BCUT2D eigenvalue weighted by Crippen LogP contribution is -2.35. The molecular formula is C18H29ClN2. The van der Waals surface area contributed by atoms with Crippen LogP contribution in [0, 0.1) is 0 Å². The average Bonchev–Trinajstić information content (AvgIpc) is 2.74. The zero-order valence-electron chi connectivity index (χ0n) is 13.4. The van der Waals surface area contributed by atoms with E-state index in [1.54, 1.807) is 0 Å². The Morgan fingerprint density at radius 2 is 2.10 bits per heavy atom. The maximum Gasteiger partial charge on any atom is 0.0459 e. The number of benzene rings is 1. The second-order valence-electron chi connectivity index (χ2n) is 6.21. The van der Waals surface area contributed by atoms with Gasteiger partial charge < -0.3 is 10.6 Å². The molecule has 1 heterocycles. The minimum atomic E-state index is 0.190. The van der Waals surface area contributed by atoms with Crippen molar-refractivity contribution in [2.24, 2.45) is 5.73 Å². The highest BCUT2D eigenvalue weighted by Gasteiger charge is 2.23. The quantitative estimate of drug-likeness (QED) is 0.848. The molecule has 118 valence electrons. The summed E-state index contributed by atoms with van der Waals surface area (Å²) in [5.41, 5.74) is 8.76. The largest absolute Gasteiger partial charge is 0.368 e. The predicted octanol–water partition coefficient (Wildman–Crippen LogP) is 4.78. The summed E-state index contributed by atoms with van der Waals surface area (Å²) in [6.07, 6.45) is 8.33. The van der Waals surface area contributed by atoms with E-state index in [1.165, 1.54) is 43.4 Å². The number of rotatable bonds is 5. The smallest absolute Gasteiger partial charge is 0.0459 e. The van der Waals surface area contributed by atoms with Gasteiger partial charge in [0.15, 0.2) is 0 Å². The summed E-state index contributed by atoms with van der Waals surface area (Å²) < 4.78 is 0. The van der Waals surface area contributed by atoms with Crippen LogP contribution in [0.2, 0.25) is 5.02 Å². The summed E-state index contributed by atoms with van der Waals surface area (Å²) in [5.74, 6) is 0. The molecule has 1 saturated heterocycles. The fourth-order valence-corrected chi connectivity index (χ4v) is 3.59. The second kappa shape index (κ2) is 8.05. The van der Waals surface area contributed by atoms with E-state index < -0.39 is 0 Å². The van der Waals surface area contributed by atoms with Crippen LogP contribution in [0.1, 0.15) is 57.9 Å². The van der Waals surface area contributed by atoms with Crippen LogP contribution < -0.4 is 10.6 Å². The van der Waals surface area contributed by atoms with Gasteiger partial charge in [-0.2, -0.15) is 0 Å². The minimum Gasteiger partial charge on any atom is -0.368 e. The monoisotopic (exact) mass is 308 g/mol. The highest BCUT2D eigenvalue weighted by molar-refractivity contribution is 6.31. The molecule has 0 aromatic heterocycles. The van der Waals surface area contributed by atoms with Gasteiger partial charge in [0.05, 0.1) is 0 Å². The van der Waals surface area contributed by atoms with Crippen LogP contribution in [0.15, 0.2) is 18.2 Å². The predicted molar refractivity (Wildman–Crippen MR) is 93.3 cm³/mol. The van der Waals surface area contributed by atoms with Crippen LogP contribution in [-0.4, -0.2) is 18.6 Å². The third-order valence-electron chi connectivity index (χ3n) is 4.74. The second-order valence-corrected chi connectivity index (χ2v) is 6.62. The SMILES string of the molecule is CCC(N)Cc1c(Cl)cccc1N1CCCCCC1CC. The molecule has 1 fully saturated rings. The summed E-state index contributed by atoms with van der Waals surface area (Å²) >= 11 is 6.50. The highest BCUT2D eigenvalue weighted by Crippen LogP contribution is 2.33. The number of nitrogens with two attached hydrogens (primary N) is 1. The Hall–Kier alpha value is -0.730. The Bertz CT molecular complexity index is 447. The molecule has 0 spiro atoms. The Kier molecular flexibility index (Phi) is 6.38.